The Kier molecular flexibility index (Phi) is 7.10. The number of fused-ring (bicyclic) bond motifs is 1. The zero-order chi connectivity index (χ0) is 21.6. The molecule has 0 saturated heterocycles. The fraction of sp³-hybridized carbons (Fsp3) is 0.364. The number of unbranched alkanes of at least 4 members (excludes halogenated alkanes) is 3. The van der Waals surface area contributed by atoms with Gasteiger partial charge in [0.1, 0.15) is 0 Å². The Morgan fingerprint density at radius 2 is 1.77 bits per heavy atom. The molecule has 160 valence electrons. The molecule has 0 unspecified atom stereocenters. The predicted octanol–water partition coefficient (Wildman–Crippen LogP) is 3.20. The molecule has 0 radical (unpaired) electrons. The van der Waals surface area contributed by atoms with Crippen molar-refractivity contribution >= 4 is 27.6 Å². The number of rotatable bonds is 10. The maximum Gasteiger partial charge on any atom is 0.303 e. The summed E-state index contributed by atoms with van der Waals surface area (Å²) in [5.74, 6) is -1.12. The van der Waals surface area contributed by atoms with Gasteiger partial charge >= 0.3 is 5.97 Å². The minimum Gasteiger partial charge on any atom is -0.481 e. The zero-order valence-corrected chi connectivity index (χ0v) is 17.5. The smallest absolute Gasteiger partial charge is 0.303 e. The summed E-state index contributed by atoms with van der Waals surface area (Å²) < 4.78 is 27.7. The average molecular weight is 431 g/mol. The molecule has 0 bridgehead atoms. The molecule has 3 rings (SSSR count). The van der Waals surface area contributed by atoms with Crippen LogP contribution in [0.4, 0.5) is 5.69 Å². The molecule has 2 N–H and O–H groups in total. The van der Waals surface area contributed by atoms with E-state index in [0.717, 1.165) is 24.8 Å². The Hall–Kier alpha value is -2.87. The van der Waals surface area contributed by atoms with E-state index in [1.807, 2.05) is 18.2 Å². The fourth-order valence-corrected chi connectivity index (χ4v) is 5.09. The van der Waals surface area contributed by atoms with Crippen LogP contribution in [0.2, 0.25) is 0 Å². The van der Waals surface area contributed by atoms with Gasteiger partial charge in [-0.05, 0) is 49.1 Å². The lowest BCUT2D eigenvalue weighted by Gasteiger charge is -2.20. The molecule has 0 aliphatic carbocycles. The average Bonchev–Trinajstić information content (AvgIpc) is 3.18. The summed E-state index contributed by atoms with van der Waals surface area (Å²) in [7, 11) is -3.75. The second-order valence-electron chi connectivity index (χ2n) is 7.30. The fourth-order valence-electron chi connectivity index (χ4n) is 3.54. The van der Waals surface area contributed by atoms with Crippen LogP contribution in [-0.4, -0.2) is 38.5 Å². The minimum atomic E-state index is -3.75. The van der Waals surface area contributed by atoms with E-state index in [1.54, 1.807) is 18.2 Å². The van der Waals surface area contributed by atoms with Crippen molar-refractivity contribution in [1.29, 1.82) is 0 Å². The van der Waals surface area contributed by atoms with E-state index in [9.17, 15) is 18.0 Å². The number of hydrogen-bond acceptors (Lipinski definition) is 4. The topological polar surface area (TPSA) is 104 Å². The number of nitrogens with one attached hydrogen (secondary N) is 1. The van der Waals surface area contributed by atoms with E-state index in [-0.39, 0.29) is 17.2 Å². The molecule has 1 aliphatic rings. The lowest BCUT2D eigenvalue weighted by atomic mass is 10.1. The first-order chi connectivity index (χ1) is 14.4. The number of nitrogens with zero attached hydrogens (tertiary/aromatic N) is 1. The number of carbonyl (C=O) groups is 2. The van der Waals surface area contributed by atoms with Crippen LogP contribution in [0, 0.1) is 0 Å². The third-order valence-corrected chi connectivity index (χ3v) is 6.94. The number of carbonyl (C=O) groups excluding carboxylic acids is 1. The molecule has 2 aromatic carbocycles. The number of hydrogen-bond donors (Lipinski definition) is 2. The number of benzene rings is 2. The molecule has 0 fully saturated rings. The molecule has 8 heteroatoms. The van der Waals surface area contributed by atoms with Gasteiger partial charge in [-0.1, -0.05) is 37.1 Å². The Labute approximate surface area is 176 Å². The molecule has 0 spiro atoms. The number of carboxylic acid groups (broad SMARTS) is 1. The number of carboxylic acids is 1. The van der Waals surface area contributed by atoms with Crippen molar-refractivity contribution in [2.45, 2.75) is 43.4 Å². The molecule has 1 aliphatic heterocycles. The molecule has 2 aromatic rings. The molecule has 0 aromatic heterocycles. The first kappa shape index (κ1) is 21.8. The maximum atomic E-state index is 13.1. The molecular formula is C22H26N2O5S. The summed E-state index contributed by atoms with van der Waals surface area (Å²) in [5.41, 5.74) is 1.99. The highest BCUT2D eigenvalue weighted by atomic mass is 32.2. The van der Waals surface area contributed by atoms with E-state index in [0.29, 0.717) is 37.2 Å². The van der Waals surface area contributed by atoms with Crippen molar-refractivity contribution in [2.24, 2.45) is 0 Å². The Balaban J connectivity index is 1.59. The SMILES string of the molecule is O=C(O)CCCCCCNC(=O)c1cccc(S(=O)(=O)N2CCc3ccccc32)c1. The highest BCUT2D eigenvalue weighted by Crippen LogP contribution is 2.32. The van der Waals surface area contributed by atoms with Gasteiger partial charge in [-0.15, -0.1) is 0 Å². The van der Waals surface area contributed by atoms with Crippen LogP contribution in [0.3, 0.4) is 0 Å². The van der Waals surface area contributed by atoms with Gasteiger partial charge in [-0.2, -0.15) is 0 Å². The first-order valence-corrected chi connectivity index (χ1v) is 11.5. The number of amides is 1. The molecular weight excluding hydrogens is 404 g/mol. The summed E-state index contributed by atoms with van der Waals surface area (Å²) in [6.45, 7) is 0.850. The highest BCUT2D eigenvalue weighted by Gasteiger charge is 2.30. The Morgan fingerprint density at radius 1 is 1.00 bits per heavy atom. The second-order valence-corrected chi connectivity index (χ2v) is 9.16. The lowest BCUT2D eigenvalue weighted by molar-refractivity contribution is -0.137. The quantitative estimate of drug-likeness (QED) is 0.564. The Morgan fingerprint density at radius 3 is 2.57 bits per heavy atom. The lowest BCUT2D eigenvalue weighted by Crippen LogP contribution is -2.29. The third-order valence-electron chi connectivity index (χ3n) is 5.13. The largest absolute Gasteiger partial charge is 0.481 e. The Bertz CT molecular complexity index is 1020. The molecule has 1 amide bonds. The van der Waals surface area contributed by atoms with Gasteiger partial charge in [0.2, 0.25) is 0 Å². The van der Waals surface area contributed by atoms with Gasteiger partial charge < -0.3 is 10.4 Å². The summed E-state index contributed by atoms with van der Waals surface area (Å²) in [6.07, 6.45) is 3.83. The van der Waals surface area contributed by atoms with E-state index < -0.39 is 16.0 Å². The zero-order valence-electron chi connectivity index (χ0n) is 16.7. The molecule has 0 saturated carbocycles. The first-order valence-electron chi connectivity index (χ1n) is 10.1. The van der Waals surface area contributed by atoms with Crippen molar-refractivity contribution in [1.82, 2.24) is 5.32 Å². The van der Waals surface area contributed by atoms with Crippen LogP contribution in [0.15, 0.2) is 53.4 Å². The third kappa shape index (κ3) is 5.18. The van der Waals surface area contributed by atoms with Gasteiger partial charge in [0.05, 0.1) is 10.6 Å². The van der Waals surface area contributed by atoms with E-state index in [2.05, 4.69) is 5.32 Å². The van der Waals surface area contributed by atoms with Crippen LogP contribution in [-0.2, 0) is 21.2 Å². The predicted molar refractivity (Wildman–Crippen MR) is 114 cm³/mol. The number of aliphatic carboxylic acids is 1. The van der Waals surface area contributed by atoms with Crippen molar-refractivity contribution in [3.63, 3.8) is 0 Å². The monoisotopic (exact) mass is 430 g/mol. The number of sulfonamides is 1. The van der Waals surface area contributed by atoms with Crippen LogP contribution in [0.5, 0.6) is 0 Å². The van der Waals surface area contributed by atoms with Gasteiger partial charge in [0.15, 0.2) is 0 Å². The summed E-state index contributed by atoms with van der Waals surface area (Å²) >= 11 is 0. The van der Waals surface area contributed by atoms with Crippen LogP contribution in [0.1, 0.15) is 48.0 Å². The highest BCUT2D eigenvalue weighted by molar-refractivity contribution is 7.92. The second kappa shape index (κ2) is 9.75. The maximum absolute atomic E-state index is 13.1. The normalized spacial score (nSPS) is 13.1. The van der Waals surface area contributed by atoms with Crippen LogP contribution < -0.4 is 9.62 Å². The molecule has 7 nitrogen and oxygen atoms in total. The summed E-state index contributed by atoms with van der Waals surface area (Å²) in [6, 6.07) is 13.5. The summed E-state index contributed by atoms with van der Waals surface area (Å²) in [5, 5.41) is 11.4. The van der Waals surface area contributed by atoms with E-state index in [4.69, 9.17) is 5.11 Å². The van der Waals surface area contributed by atoms with Crippen molar-refractivity contribution in [3.05, 3.63) is 59.7 Å². The standard InChI is InChI=1S/C22H26N2O5S/c25-21(26)12-3-1-2-6-14-23-22(27)18-9-7-10-19(16-18)30(28,29)24-15-13-17-8-4-5-11-20(17)24/h4-5,7-11,16H,1-3,6,12-15H2,(H,23,27)(H,25,26). The van der Waals surface area contributed by atoms with Gasteiger partial charge in [-0.3, -0.25) is 13.9 Å². The van der Waals surface area contributed by atoms with Crippen molar-refractivity contribution < 1.29 is 23.1 Å². The molecule has 1 heterocycles. The van der Waals surface area contributed by atoms with E-state index >= 15 is 0 Å². The number of anilines is 1. The van der Waals surface area contributed by atoms with Gasteiger partial charge in [0, 0.05) is 25.1 Å². The van der Waals surface area contributed by atoms with Crippen molar-refractivity contribution in [2.75, 3.05) is 17.4 Å². The molecule has 0 atom stereocenters. The summed E-state index contributed by atoms with van der Waals surface area (Å²) in [4.78, 5) is 23.0. The van der Waals surface area contributed by atoms with Gasteiger partial charge in [0.25, 0.3) is 15.9 Å². The molecule has 30 heavy (non-hydrogen) atoms. The van der Waals surface area contributed by atoms with Crippen LogP contribution >= 0.6 is 0 Å². The van der Waals surface area contributed by atoms with E-state index in [1.165, 1.54) is 16.4 Å². The number of para-hydroxylation sites is 1. The van der Waals surface area contributed by atoms with Gasteiger partial charge in [-0.25, -0.2) is 8.42 Å². The minimum absolute atomic E-state index is 0.0977. The van der Waals surface area contributed by atoms with Crippen LogP contribution in [0.25, 0.3) is 0 Å². The van der Waals surface area contributed by atoms with Crippen molar-refractivity contribution in [3.8, 4) is 0 Å².